The summed E-state index contributed by atoms with van der Waals surface area (Å²) in [5.74, 6) is 0.0451. The Kier molecular flexibility index (Phi) is 27.9. The lowest BCUT2D eigenvalue weighted by Crippen LogP contribution is -2.28. The Bertz CT molecular complexity index is 208. The lowest BCUT2D eigenvalue weighted by molar-refractivity contribution is -0.122. The molecule has 20 heavy (non-hydrogen) atoms. The van der Waals surface area contributed by atoms with Crippen molar-refractivity contribution >= 4 is 11.7 Å². The van der Waals surface area contributed by atoms with E-state index in [2.05, 4.69) is 5.32 Å². The van der Waals surface area contributed by atoms with Crippen molar-refractivity contribution in [2.75, 3.05) is 33.0 Å². The largest absolute Gasteiger partial charge is 0.380 e. The van der Waals surface area contributed by atoms with E-state index in [4.69, 9.17) is 9.47 Å². The van der Waals surface area contributed by atoms with Gasteiger partial charge < -0.3 is 14.8 Å². The van der Waals surface area contributed by atoms with Crippen LogP contribution in [0.1, 0.15) is 54.4 Å². The molecule has 0 atom stereocenters. The zero-order valence-electron chi connectivity index (χ0n) is 14.1. The predicted molar refractivity (Wildman–Crippen MR) is 82.9 cm³/mol. The van der Waals surface area contributed by atoms with E-state index in [9.17, 15) is 9.59 Å². The molecule has 0 aromatic heterocycles. The Balaban J connectivity index is -0.000000656. The third-order valence-electron chi connectivity index (χ3n) is 1.84. The highest BCUT2D eigenvalue weighted by Gasteiger charge is 2.00. The molecule has 1 N–H and O–H groups in total. The van der Waals surface area contributed by atoms with E-state index in [-0.39, 0.29) is 11.7 Å². The smallest absolute Gasteiger partial charge is 0.222 e. The van der Waals surface area contributed by atoms with Crippen LogP contribution in [-0.4, -0.2) is 44.7 Å². The molecule has 0 rings (SSSR count). The van der Waals surface area contributed by atoms with Crippen LogP contribution in [0.5, 0.6) is 0 Å². The molecule has 0 spiro atoms. The van der Waals surface area contributed by atoms with E-state index >= 15 is 0 Å². The molecule has 0 heterocycles. The van der Waals surface area contributed by atoms with Gasteiger partial charge in [-0.05, 0) is 13.8 Å². The van der Waals surface area contributed by atoms with Crippen LogP contribution < -0.4 is 5.32 Å². The molecule has 0 bridgehead atoms. The predicted octanol–water partition coefficient (Wildman–Crippen LogP) is 2.58. The number of ether oxygens (including phenoxy) is 2. The van der Waals surface area contributed by atoms with Gasteiger partial charge in [0.25, 0.3) is 0 Å². The van der Waals surface area contributed by atoms with Gasteiger partial charge in [-0.2, -0.15) is 0 Å². The van der Waals surface area contributed by atoms with Gasteiger partial charge in [-0.3, -0.25) is 9.59 Å². The van der Waals surface area contributed by atoms with E-state index in [1.54, 1.807) is 0 Å². The Morgan fingerprint density at radius 2 is 1.45 bits per heavy atom. The number of hydrogen-bond acceptors (Lipinski definition) is 4. The van der Waals surface area contributed by atoms with E-state index in [1.165, 1.54) is 6.92 Å². The van der Waals surface area contributed by atoms with Crippen LogP contribution in [0.25, 0.3) is 0 Å². The lowest BCUT2D eigenvalue weighted by atomic mass is 10.3. The average molecular weight is 291 g/mol. The van der Waals surface area contributed by atoms with E-state index in [0.29, 0.717) is 45.8 Å². The van der Waals surface area contributed by atoms with Crippen molar-refractivity contribution in [2.24, 2.45) is 0 Å². The Morgan fingerprint density at radius 1 is 0.900 bits per heavy atom. The van der Waals surface area contributed by atoms with Crippen molar-refractivity contribution < 1.29 is 19.1 Å². The van der Waals surface area contributed by atoms with Crippen molar-refractivity contribution in [2.45, 2.75) is 54.4 Å². The number of nitrogens with one attached hydrogen (secondary N) is 1. The van der Waals surface area contributed by atoms with Crippen LogP contribution in [0, 0.1) is 0 Å². The second-order valence-electron chi connectivity index (χ2n) is 3.36. The Hall–Kier alpha value is -0.940. The highest BCUT2D eigenvalue weighted by atomic mass is 16.5. The summed E-state index contributed by atoms with van der Waals surface area (Å²) in [7, 11) is 0. The number of amides is 1. The zero-order chi connectivity index (χ0) is 16.2. The molecule has 0 saturated heterocycles. The fourth-order valence-corrected chi connectivity index (χ4v) is 0.978. The van der Waals surface area contributed by atoms with Crippen molar-refractivity contribution in [3.63, 3.8) is 0 Å². The van der Waals surface area contributed by atoms with Gasteiger partial charge in [-0.15, -0.1) is 0 Å². The van der Waals surface area contributed by atoms with Crippen LogP contribution in [0.15, 0.2) is 0 Å². The van der Waals surface area contributed by atoms with Gasteiger partial charge in [-0.1, -0.05) is 27.7 Å². The second kappa shape index (κ2) is 23.2. The fourth-order valence-electron chi connectivity index (χ4n) is 0.978. The van der Waals surface area contributed by atoms with Gasteiger partial charge in [0.2, 0.25) is 5.91 Å². The molecule has 0 saturated carbocycles. The molecule has 5 nitrogen and oxygen atoms in total. The van der Waals surface area contributed by atoms with Crippen LogP contribution in [0.2, 0.25) is 0 Å². The summed E-state index contributed by atoms with van der Waals surface area (Å²) in [6.45, 7) is 13.9. The van der Waals surface area contributed by atoms with Crippen molar-refractivity contribution in [3.8, 4) is 0 Å². The maximum Gasteiger partial charge on any atom is 0.222 e. The minimum absolute atomic E-state index is 0.0532. The first-order valence-corrected chi connectivity index (χ1v) is 7.58. The molecule has 0 aliphatic carbocycles. The van der Waals surface area contributed by atoms with Gasteiger partial charge >= 0.3 is 0 Å². The zero-order valence-corrected chi connectivity index (χ0v) is 14.1. The molecule has 122 valence electrons. The quantitative estimate of drug-likeness (QED) is 0.628. The molecular weight excluding hydrogens is 258 g/mol. The van der Waals surface area contributed by atoms with Gasteiger partial charge in [0.05, 0.1) is 19.8 Å². The molecule has 0 aromatic rings. The second-order valence-corrected chi connectivity index (χ2v) is 3.36. The summed E-state index contributed by atoms with van der Waals surface area (Å²) >= 11 is 0. The molecule has 0 aliphatic rings. The first-order valence-electron chi connectivity index (χ1n) is 7.58. The number of ketones is 1. The normalized spacial score (nSPS) is 8.70. The molecule has 0 aromatic carbocycles. The van der Waals surface area contributed by atoms with E-state index < -0.39 is 0 Å². The Labute approximate surface area is 124 Å². The van der Waals surface area contributed by atoms with Gasteiger partial charge in [-0.25, -0.2) is 0 Å². The molecular formula is C15H33NO4. The van der Waals surface area contributed by atoms with Crippen molar-refractivity contribution in [3.05, 3.63) is 0 Å². The van der Waals surface area contributed by atoms with Crippen LogP contribution in [0.4, 0.5) is 0 Å². The summed E-state index contributed by atoms with van der Waals surface area (Å²) in [4.78, 5) is 21.8. The van der Waals surface area contributed by atoms with Crippen LogP contribution in [0.3, 0.4) is 0 Å². The van der Waals surface area contributed by atoms with E-state index in [0.717, 1.165) is 0 Å². The topological polar surface area (TPSA) is 64.6 Å². The van der Waals surface area contributed by atoms with Crippen LogP contribution in [-0.2, 0) is 19.1 Å². The highest BCUT2D eigenvalue weighted by molar-refractivity contribution is 5.76. The molecule has 0 aliphatic heterocycles. The van der Waals surface area contributed by atoms with Crippen molar-refractivity contribution in [1.29, 1.82) is 0 Å². The lowest BCUT2D eigenvalue weighted by Gasteiger charge is -2.05. The first kappa shape index (κ1) is 24.1. The first-order chi connectivity index (χ1) is 9.66. The molecule has 0 fully saturated rings. The molecule has 0 unspecified atom stereocenters. The number of Topliss-reactive ketones (excluding diaryl/α,β-unsaturated/α-hetero) is 1. The molecule has 1 amide bonds. The average Bonchev–Trinajstić information content (AvgIpc) is 2.47. The fraction of sp³-hybridized carbons (Fsp3) is 0.867. The maximum absolute atomic E-state index is 11.2. The summed E-state index contributed by atoms with van der Waals surface area (Å²) in [6, 6.07) is 0. The van der Waals surface area contributed by atoms with Gasteiger partial charge in [0.1, 0.15) is 5.78 Å². The number of carbonyl (C=O) groups excluding carboxylic acids is 2. The number of rotatable bonds is 10. The van der Waals surface area contributed by atoms with Crippen LogP contribution >= 0.6 is 0 Å². The molecule has 5 heteroatoms. The third-order valence-corrected chi connectivity index (χ3v) is 1.84. The van der Waals surface area contributed by atoms with Gasteiger partial charge in [0.15, 0.2) is 0 Å². The summed E-state index contributed by atoms with van der Waals surface area (Å²) in [5, 5.41) is 2.71. The SMILES string of the molecule is CC.CC.CCOCCNC(=O)CCOCCC(C)=O. The minimum Gasteiger partial charge on any atom is -0.380 e. The summed E-state index contributed by atoms with van der Waals surface area (Å²) in [5.41, 5.74) is 0. The number of hydrogen-bond donors (Lipinski definition) is 1. The van der Waals surface area contributed by atoms with Crippen molar-refractivity contribution in [1.82, 2.24) is 5.32 Å². The third kappa shape index (κ3) is 25.8. The molecule has 0 radical (unpaired) electrons. The standard InChI is InChI=1S/C11H21NO4.2C2H6/c1-3-15-9-6-12-11(14)5-8-16-7-4-10(2)13;2*1-2/h3-9H2,1-2H3,(H,12,14);2*1-2H3. The summed E-state index contributed by atoms with van der Waals surface area (Å²) in [6.07, 6.45) is 0.732. The Morgan fingerprint density at radius 3 is 1.95 bits per heavy atom. The monoisotopic (exact) mass is 291 g/mol. The highest BCUT2D eigenvalue weighted by Crippen LogP contribution is 1.87. The number of carbonyl (C=O) groups is 2. The van der Waals surface area contributed by atoms with Gasteiger partial charge in [0, 0.05) is 26.0 Å². The minimum atomic E-state index is -0.0532. The summed E-state index contributed by atoms with van der Waals surface area (Å²) < 4.78 is 10.2. The maximum atomic E-state index is 11.2. The van der Waals surface area contributed by atoms with E-state index in [1.807, 2.05) is 34.6 Å².